The van der Waals surface area contributed by atoms with Crippen LogP contribution in [0, 0.1) is 5.82 Å². The van der Waals surface area contributed by atoms with Crippen molar-refractivity contribution in [3.05, 3.63) is 89.2 Å². The maximum Gasteiger partial charge on any atom is 0.264 e. The Morgan fingerprint density at radius 2 is 1.71 bits per heavy atom. The first kappa shape index (κ1) is 28.9. The number of likely N-dealkylation sites (N-methyl/N-ethyl adjacent to an activating group) is 1. The van der Waals surface area contributed by atoms with Gasteiger partial charge >= 0.3 is 0 Å². The average molecular weight is 562 g/mol. The Kier molecular flexibility index (Phi) is 9.71. The van der Waals surface area contributed by atoms with Gasteiger partial charge in [0.05, 0.1) is 17.7 Å². The summed E-state index contributed by atoms with van der Waals surface area (Å²) in [4.78, 5) is 27.6. The molecule has 0 unspecified atom stereocenters. The normalized spacial score (nSPS) is 11.9. The number of hydrogen-bond donors (Lipinski definition) is 1. The number of ether oxygens (including phenoxy) is 1. The molecule has 0 bridgehead atoms. The monoisotopic (exact) mass is 561 g/mol. The molecule has 0 fully saturated rings. The van der Waals surface area contributed by atoms with Crippen LogP contribution in [0.5, 0.6) is 5.75 Å². The number of amides is 2. The number of nitrogens with one attached hydrogen (secondary N) is 1. The number of rotatable bonds is 11. The zero-order valence-electron chi connectivity index (χ0n) is 21.2. The Bertz CT molecular complexity index is 1390. The van der Waals surface area contributed by atoms with Crippen molar-refractivity contribution in [2.75, 3.05) is 24.5 Å². The molecular weight excluding hydrogens is 533 g/mol. The van der Waals surface area contributed by atoms with Crippen molar-refractivity contribution in [3.63, 3.8) is 0 Å². The van der Waals surface area contributed by atoms with Gasteiger partial charge < -0.3 is 15.0 Å². The number of halogens is 2. The van der Waals surface area contributed by atoms with E-state index in [9.17, 15) is 22.4 Å². The van der Waals surface area contributed by atoms with Gasteiger partial charge in [0.1, 0.15) is 24.2 Å². The van der Waals surface area contributed by atoms with E-state index < -0.39 is 40.2 Å². The van der Waals surface area contributed by atoms with E-state index in [0.717, 1.165) is 9.21 Å². The SMILES string of the molecule is CCNC(=O)[C@@H](C)N(Cc1ccccc1F)C(=O)CN(c1cc(Cl)ccc1OC)S(=O)(=O)c1ccccc1. The zero-order valence-corrected chi connectivity index (χ0v) is 22.8. The minimum absolute atomic E-state index is 0.0358. The van der Waals surface area contributed by atoms with Crippen molar-refractivity contribution in [1.29, 1.82) is 0 Å². The molecule has 0 aromatic heterocycles. The molecule has 38 heavy (non-hydrogen) atoms. The topological polar surface area (TPSA) is 96.0 Å². The quantitative estimate of drug-likeness (QED) is 0.378. The van der Waals surface area contributed by atoms with Crippen molar-refractivity contribution in [2.45, 2.75) is 31.3 Å². The molecule has 1 atom stereocenters. The molecule has 0 heterocycles. The highest BCUT2D eigenvalue weighted by molar-refractivity contribution is 7.92. The molecule has 0 saturated carbocycles. The first-order chi connectivity index (χ1) is 18.1. The minimum atomic E-state index is -4.30. The van der Waals surface area contributed by atoms with Crippen LogP contribution in [-0.4, -0.2) is 51.4 Å². The lowest BCUT2D eigenvalue weighted by molar-refractivity contribution is -0.139. The van der Waals surface area contributed by atoms with Gasteiger partial charge in [0, 0.05) is 23.7 Å². The summed E-state index contributed by atoms with van der Waals surface area (Å²) in [6.45, 7) is 2.59. The molecule has 0 aliphatic heterocycles. The van der Waals surface area contributed by atoms with Crippen LogP contribution < -0.4 is 14.4 Å². The molecule has 2 amide bonds. The van der Waals surface area contributed by atoms with Crippen LogP contribution in [0.15, 0.2) is 77.7 Å². The predicted molar refractivity (Wildman–Crippen MR) is 144 cm³/mol. The lowest BCUT2D eigenvalue weighted by Gasteiger charge is -2.32. The maximum atomic E-state index is 14.5. The van der Waals surface area contributed by atoms with E-state index in [0.29, 0.717) is 6.54 Å². The van der Waals surface area contributed by atoms with Crippen LogP contribution >= 0.6 is 11.6 Å². The summed E-state index contributed by atoms with van der Waals surface area (Å²) in [5.74, 6) is -1.58. The molecule has 0 radical (unpaired) electrons. The number of carbonyl (C=O) groups excluding carboxylic acids is 2. The van der Waals surface area contributed by atoms with Crippen molar-refractivity contribution in [2.24, 2.45) is 0 Å². The van der Waals surface area contributed by atoms with E-state index in [-0.39, 0.29) is 33.5 Å². The number of methoxy groups -OCH3 is 1. The highest BCUT2D eigenvalue weighted by Gasteiger charge is 2.34. The first-order valence-electron chi connectivity index (χ1n) is 11.8. The van der Waals surface area contributed by atoms with E-state index in [1.54, 1.807) is 31.2 Å². The molecule has 0 spiro atoms. The average Bonchev–Trinajstić information content (AvgIpc) is 2.91. The molecule has 0 saturated heterocycles. The smallest absolute Gasteiger partial charge is 0.264 e. The predicted octanol–water partition coefficient (Wildman–Crippen LogP) is 4.24. The van der Waals surface area contributed by atoms with Gasteiger partial charge in [-0.2, -0.15) is 0 Å². The van der Waals surface area contributed by atoms with Crippen molar-refractivity contribution in [3.8, 4) is 5.75 Å². The number of hydrogen-bond acceptors (Lipinski definition) is 5. The summed E-state index contributed by atoms with van der Waals surface area (Å²) in [5, 5.41) is 2.87. The Hall–Kier alpha value is -3.63. The summed E-state index contributed by atoms with van der Waals surface area (Å²) in [6, 6.07) is 16.8. The summed E-state index contributed by atoms with van der Waals surface area (Å²) in [7, 11) is -2.93. The van der Waals surface area contributed by atoms with E-state index >= 15 is 0 Å². The van der Waals surface area contributed by atoms with Gasteiger partial charge in [0.25, 0.3) is 10.0 Å². The fraction of sp³-hybridized carbons (Fsp3) is 0.259. The molecule has 3 rings (SSSR count). The second-order valence-corrected chi connectivity index (χ2v) is 10.6. The Morgan fingerprint density at radius 3 is 2.34 bits per heavy atom. The van der Waals surface area contributed by atoms with Gasteiger partial charge in [-0.3, -0.25) is 13.9 Å². The summed E-state index contributed by atoms with van der Waals surface area (Å²) in [6.07, 6.45) is 0. The molecule has 3 aromatic carbocycles. The maximum absolute atomic E-state index is 14.5. The number of sulfonamides is 1. The van der Waals surface area contributed by atoms with Gasteiger partial charge in [-0.25, -0.2) is 12.8 Å². The second-order valence-electron chi connectivity index (χ2n) is 8.32. The molecule has 0 aliphatic rings. The molecule has 1 N–H and O–H groups in total. The Balaban J connectivity index is 2.10. The molecule has 8 nitrogen and oxygen atoms in total. The molecule has 3 aromatic rings. The van der Waals surface area contributed by atoms with Crippen molar-refractivity contribution in [1.82, 2.24) is 10.2 Å². The molecule has 11 heteroatoms. The minimum Gasteiger partial charge on any atom is -0.495 e. The van der Waals surface area contributed by atoms with Crippen molar-refractivity contribution < 1.29 is 27.1 Å². The Morgan fingerprint density at radius 1 is 1.05 bits per heavy atom. The molecule has 0 aliphatic carbocycles. The van der Waals surface area contributed by atoms with E-state index in [1.165, 1.54) is 62.6 Å². The third-order valence-electron chi connectivity index (χ3n) is 5.84. The Labute approximate surface area is 227 Å². The lowest BCUT2D eigenvalue weighted by Crippen LogP contribution is -2.51. The summed E-state index contributed by atoms with van der Waals surface area (Å²) in [5.41, 5.74) is 0.212. The lowest BCUT2D eigenvalue weighted by atomic mass is 10.1. The van der Waals surface area contributed by atoms with Crippen LogP contribution in [0.4, 0.5) is 10.1 Å². The molecule has 202 valence electrons. The van der Waals surface area contributed by atoms with Gasteiger partial charge in [-0.1, -0.05) is 48.0 Å². The summed E-state index contributed by atoms with van der Waals surface area (Å²) < 4.78 is 48.4. The van der Waals surface area contributed by atoms with E-state index in [2.05, 4.69) is 5.32 Å². The second kappa shape index (κ2) is 12.7. The number of carbonyl (C=O) groups is 2. The third-order valence-corrected chi connectivity index (χ3v) is 7.85. The van der Waals surface area contributed by atoms with Gasteiger partial charge in [0.15, 0.2) is 0 Å². The van der Waals surface area contributed by atoms with Crippen LogP contribution in [-0.2, 0) is 26.2 Å². The number of anilines is 1. The first-order valence-corrected chi connectivity index (χ1v) is 13.6. The fourth-order valence-corrected chi connectivity index (χ4v) is 5.41. The third kappa shape index (κ3) is 6.62. The van der Waals surface area contributed by atoms with Crippen LogP contribution in [0.3, 0.4) is 0 Å². The number of nitrogens with zero attached hydrogens (tertiary/aromatic N) is 2. The van der Waals surface area contributed by atoms with Crippen LogP contribution in [0.1, 0.15) is 19.4 Å². The highest BCUT2D eigenvalue weighted by atomic mass is 35.5. The van der Waals surface area contributed by atoms with Crippen LogP contribution in [0.25, 0.3) is 0 Å². The highest BCUT2D eigenvalue weighted by Crippen LogP contribution is 2.35. The van der Waals surface area contributed by atoms with Gasteiger partial charge in [-0.05, 0) is 50.2 Å². The van der Waals surface area contributed by atoms with E-state index in [4.69, 9.17) is 16.3 Å². The largest absolute Gasteiger partial charge is 0.495 e. The van der Waals surface area contributed by atoms with Crippen molar-refractivity contribution >= 4 is 39.1 Å². The zero-order chi connectivity index (χ0) is 27.9. The van der Waals surface area contributed by atoms with E-state index in [1.807, 2.05) is 0 Å². The van der Waals surface area contributed by atoms with Gasteiger partial charge in [-0.15, -0.1) is 0 Å². The standard InChI is InChI=1S/C27H29ClFN3O5S/c1-4-30-27(34)19(2)31(17-20-10-8-9-13-23(20)29)26(33)18-32(24-16-21(28)14-15-25(24)37-3)38(35,36)22-11-6-5-7-12-22/h5-16,19H,4,17-18H2,1-3H3,(H,30,34)/t19-/m1/s1. The van der Waals surface area contributed by atoms with Gasteiger partial charge in [0.2, 0.25) is 11.8 Å². The number of benzene rings is 3. The fourth-order valence-electron chi connectivity index (χ4n) is 3.81. The molecular formula is C27H29ClFN3O5S. The summed E-state index contributed by atoms with van der Waals surface area (Å²) >= 11 is 6.20. The van der Waals surface area contributed by atoms with Crippen LogP contribution in [0.2, 0.25) is 5.02 Å².